The summed E-state index contributed by atoms with van der Waals surface area (Å²) in [7, 11) is 1.68. The van der Waals surface area contributed by atoms with E-state index in [0.717, 1.165) is 25.1 Å². The smallest absolute Gasteiger partial charge is 0.261 e. The zero-order valence-corrected chi connectivity index (χ0v) is 10.2. The molecule has 2 rings (SSSR count). The molecule has 86 valence electrons. The number of hydrogen-bond donors (Lipinski definition) is 1. The maximum absolute atomic E-state index is 11.2. The van der Waals surface area contributed by atoms with Gasteiger partial charge in [-0.3, -0.25) is 0 Å². The predicted octanol–water partition coefficient (Wildman–Crippen LogP) is 1.99. The van der Waals surface area contributed by atoms with Crippen molar-refractivity contribution in [1.82, 2.24) is 5.32 Å². The van der Waals surface area contributed by atoms with Crippen LogP contribution in [0.25, 0.3) is 5.57 Å². The minimum atomic E-state index is -3.63. The molecule has 0 radical (unpaired) electrons. The first-order chi connectivity index (χ1) is 7.57. The van der Waals surface area contributed by atoms with Gasteiger partial charge in [-0.25, -0.2) is 8.42 Å². The van der Waals surface area contributed by atoms with Crippen LogP contribution in [0.15, 0.2) is 35.2 Å². The third-order valence-corrected chi connectivity index (χ3v) is 3.90. The Balaban J connectivity index is 2.39. The minimum Gasteiger partial charge on any atom is -0.313 e. The number of nitrogens with one attached hydrogen (secondary N) is 1. The minimum absolute atomic E-state index is 0.158. The molecule has 1 N–H and O–H groups in total. The second kappa shape index (κ2) is 4.57. The highest BCUT2D eigenvalue weighted by molar-refractivity contribution is 8.13. The maximum Gasteiger partial charge on any atom is 0.261 e. The van der Waals surface area contributed by atoms with E-state index >= 15 is 0 Å². The Hall–Kier alpha value is -0.840. The third-order valence-electron chi connectivity index (χ3n) is 2.55. The summed E-state index contributed by atoms with van der Waals surface area (Å²) < 4.78 is 22.4. The Kier molecular flexibility index (Phi) is 3.33. The Bertz CT molecular complexity index is 523. The fraction of sp³-hybridized carbons (Fsp3) is 0.273. The largest absolute Gasteiger partial charge is 0.313 e. The van der Waals surface area contributed by atoms with Crippen molar-refractivity contribution in [2.24, 2.45) is 0 Å². The summed E-state index contributed by atoms with van der Waals surface area (Å²) in [6, 6.07) is 6.75. The lowest BCUT2D eigenvalue weighted by Crippen LogP contribution is -2.20. The van der Waals surface area contributed by atoms with E-state index in [9.17, 15) is 8.42 Å². The number of rotatable bonds is 2. The molecule has 1 aromatic carbocycles. The predicted molar refractivity (Wildman–Crippen MR) is 64.9 cm³/mol. The van der Waals surface area contributed by atoms with Gasteiger partial charge < -0.3 is 5.32 Å². The highest BCUT2D eigenvalue weighted by Crippen LogP contribution is 2.23. The van der Waals surface area contributed by atoms with Gasteiger partial charge in [0.05, 0.1) is 4.90 Å². The molecular weight excluding hydrogens is 246 g/mol. The van der Waals surface area contributed by atoms with Crippen molar-refractivity contribution in [1.29, 1.82) is 0 Å². The summed E-state index contributed by atoms with van der Waals surface area (Å²) in [5.41, 5.74) is 2.10. The van der Waals surface area contributed by atoms with Gasteiger partial charge in [0.1, 0.15) is 0 Å². The average Bonchev–Trinajstić information content (AvgIpc) is 2.29. The number of benzene rings is 1. The summed E-state index contributed by atoms with van der Waals surface area (Å²) in [6.07, 6.45) is 2.98. The van der Waals surface area contributed by atoms with Crippen LogP contribution in [-0.2, 0) is 9.05 Å². The van der Waals surface area contributed by atoms with E-state index in [1.54, 1.807) is 12.1 Å². The molecule has 3 nitrogen and oxygen atoms in total. The molecule has 1 heterocycles. The molecule has 0 fully saturated rings. The molecule has 5 heteroatoms. The summed E-state index contributed by atoms with van der Waals surface area (Å²) in [5, 5.41) is 3.21. The molecule has 0 aromatic heterocycles. The maximum atomic E-state index is 11.2. The summed E-state index contributed by atoms with van der Waals surface area (Å²) >= 11 is 0. The molecule has 1 aliphatic rings. The van der Waals surface area contributed by atoms with Crippen LogP contribution >= 0.6 is 10.7 Å². The molecule has 1 aromatic rings. The quantitative estimate of drug-likeness (QED) is 0.825. The van der Waals surface area contributed by atoms with Gasteiger partial charge in [-0.2, -0.15) is 0 Å². The van der Waals surface area contributed by atoms with Crippen molar-refractivity contribution in [3.8, 4) is 0 Å². The fourth-order valence-electron chi connectivity index (χ4n) is 1.73. The van der Waals surface area contributed by atoms with Crippen LogP contribution in [0.1, 0.15) is 12.0 Å². The van der Waals surface area contributed by atoms with Crippen LogP contribution in [0.4, 0.5) is 0 Å². The molecule has 0 saturated heterocycles. The lowest BCUT2D eigenvalue weighted by atomic mass is 10.0. The molecule has 0 amide bonds. The van der Waals surface area contributed by atoms with E-state index < -0.39 is 9.05 Å². The molecule has 0 atom stereocenters. The van der Waals surface area contributed by atoms with Gasteiger partial charge in [0.15, 0.2) is 0 Å². The first-order valence-corrected chi connectivity index (χ1v) is 7.33. The van der Waals surface area contributed by atoms with E-state index in [4.69, 9.17) is 10.7 Å². The molecule has 0 spiro atoms. The first-order valence-electron chi connectivity index (χ1n) is 5.02. The highest BCUT2D eigenvalue weighted by Gasteiger charge is 2.12. The molecule has 0 bridgehead atoms. The van der Waals surface area contributed by atoms with E-state index in [0.29, 0.717) is 0 Å². The standard InChI is InChI=1S/C11H12ClNO2S/c12-16(14,15)11-3-1-2-10(8-11)9-4-6-13-7-5-9/h1-4,8,13H,5-7H2. The van der Waals surface area contributed by atoms with Gasteiger partial charge in [-0.15, -0.1) is 0 Å². The highest BCUT2D eigenvalue weighted by atomic mass is 35.7. The van der Waals surface area contributed by atoms with Gasteiger partial charge in [-0.1, -0.05) is 18.2 Å². The van der Waals surface area contributed by atoms with Crippen molar-refractivity contribution >= 4 is 25.3 Å². The van der Waals surface area contributed by atoms with Crippen LogP contribution in [0.2, 0.25) is 0 Å². The average molecular weight is 258 g/mol. The van der Waals surface area contributed by atoms with Gasteiger partial charge in [-0.05, 0) is 36.2 Å². The van der Waals surface area contributed by atoms with E-state index in [2.05, 4.69) is 11.4 Å². The van der Waals surface area contributed by atoms with Gasteiger partial charge in [0, 0.05) is 17.2 Å². The van der Waals surface area contributed by atoms with Crippen LogP contribution in [-0.4, -0.2) is 21.5 Å². The Morgan fingerprint density at radius 1 is 1.31 bits per heavy atom. The zero-order chi connectivity index (χ0) is 11.6. The van der Waals surface area contributed by atoms with Gasteiger partial charge >= 0.3 is 0 Å². The van der Waals surface area contributed by atoms with E-state index in [1.165, 1.54) is 11.6 Å². The topological polar surface area (TPSA) is 46.2 Å². The number of halogens is 1. The molecule has 0 saturated carbocycles. The second-order valence-corrected chi connectivity index (χ2v) is 6.22. The van der Waals surface area contributed by atoms with E-state index in [1.807, 2.05) is 6.07 Å². The normalized spacial score (nSPS) is 16.9. The third kappa shape index (κ3) is 2.64. The monoisotopic (exact) mass is 257 g/mol. The number of hydrogen-bond acceptors (Lipinski definition) is 3. The van der Waals surface area contributed by atoms with Crippen molar-refractivity contribution in [2.45, 2.75) is 11.3 Å². The summed E-state index contributed by atoms with van der Waals surface area (Å²) in [4.78, 5) is 0.158. The SMILES string of the molecule is O=S(=O)(Cl)c1cccc(C2=CCNCC2)c1. The summed E-state index contributed by atoms with van der Waals surface area (Å²) in [5.74, 6) is 0. The molecule has 16 heavy (non-hydrogen) atoms. The Morgan fingerprint density at radius 3 is 2.75 bits per heavy atom. The van der Waals surface area contributed by atoms with Crippen LogP contribution < -0.4 is 5.32 Å². The van der Waals surface area contributed by atoms with Crippen LogP contribution in [0, 0.1) is 0 Å². The van der Waals surface area contributed by atoms with Gasteiger partial charge in [0.25, 0.3) is 9.05 Å². The molecule has 0 unspecified atom stereocenters. The summed E-state index contributed by atoms with van der Waals surface area (Å²) in [6.45, 7) is 1.75. The molecular formula is C11H12ClNO2S. The lowest BCUT2D eigenvalue weighted by molar-refractivity contribution is 0.609. The Labute approximate surface area is 99.5 Å². The second-order valence-electron chi connectivity index (χ2n) is 3.65. The first kappa shape index (κ1) is 11.6. The van der Waals surface area contributed by atoms with Crippen LogP contribution in [0.3, 0.4) is 0 Å². The molecule has 0 aliphatic carbocycles. The lowest BCUT2D eigenvalue weighted by Gasteiger charge is -2.14. The van der Waals surface area contributed by atoms with E-state index in [-0.39, 0.29) is 4.90 Å². The van der Waals surface area contributed by atoms with Crippen molar-refractivity contribution in [2.75, 3.05) is 13.1 Å². The molecule has 1 aliphatic heterocycles. The Morgan fingerprint density at radius 2 is 2.12 bits per heavy atom. The van der Waals surface area contributed by atoms with Crippen molar-refractivity contribution < 1.29 is 8.42 Å². The van der Waals surface area contributed by atoms with Crippen LogP contribution in [0.5, 0.6) is 0 Å². The van der Waals surface area contributed by atoms with Gasteiger partial charge in [0.2, 0.25) is 0 Å². The zero-order valence-electron chi connectivity index (χ0n) is 8.61. The van der Waals surface area contributed by atoms with Crippen molar-refractivity contribution in [3.05, 3.63) is 35.9 Å². The fourth-order valence-corrected chi connectivity index (χ4v) is 2.53. The van der Waals surface area contributed by atoms with Crippen molar-refractivity contribution in [3.63, 3.8) is 0 Å².